The predicted octanol–water partition coefficient (Wildman–Crippen LogP) is 4.61. The molecular formula is C31H40N8O4. The summed E-state index contributed by atoms with van der Waals surface area (Å²) in [7, 11) is 3.52. The summed E-state index contributed by atoms with van der Waals surface area (Å²) in [5, 5.41) is 4.01. The highest BCUT2D eigenvalue weighted by Gasteiger charge is 2.42. The minimum atomic E-state index is -0.577. The number of likely N-dealkylation sites (tertiary alicyclic amines) is 1. The Hall–Kier alpha value is -4.22. The van der Waals surface area contributed by atoms with Gasteiger partial charge in [-0.3, -0.25) is 9.59 Å². The van der Waals surface area contributed by atoms with Crippen LogP contribution < -0.4 is 10.2 Å². The lowest BCUT2D eigenvalue weighted by molar-refractivity contribution is -0.127. The van der Waals surface area contributed by atoms with Crippen molar-refractivity contribution in [2.45, 2.75) is 64.5 Å². The van der Waals surface area contributed by atoms with Gasteiger partial charge in [-0.1, -0.05) is 12.8 Å². The Morgan fingerprint density at radius 1 is 1.05 bits per heavy atom. The molecule has 6 rings (SSSR count). The maximum absolute atomic E-state index is 13.4. The number of piperidine rings is 2. The lowest BCUT2D eigenvalue weighted by Crippen LogP contribution is -2.57. The highest BCUT2D eigenvalue weighted by molar-refractivity contribution is 5.98. The Balaban J connectivity index is 1.17. The van der Waals surface area contributed by atoms with Crippen LogP contribution in [0.3, 0.4) is 0 Å². The third kappa shape index (κ3) is 5.87. The third-order valence-corrected chi connectivity index (χ3v) is 8.44. The number of rotatable bonds is 5. The molecule has 2 unspecified atom stereocenters. The minimum Gasteiger partial charge on any atom is -0.444 e. The molecule has 3 aromatic heterocycles. The van der Waals surface area contributed by atoms with Crippen LogP contribution in [0, 0.1) is 11.8 Å². The van der Waals surface area contributed by atoms with E-state index >= 15 is 0 Å². The summed E-state index contributed by atoms with van der Waals surface area (Å²) in [6.07, 6.45) is 8.13. The molecule has 12 nitrogen and oxygen atoms in total. The van der Waals surface area contributed by atoms with Gasteiger partial charge in [-0.25, -0.2) is 14.8 Å². The second-order valence-corrected chi connectivity index (χ2v) is 13.2. The van der Waals surface area contributed by atoms with E-state index in [4.69, 9.17) is 9.72 Å². The molecule has 2 bridgehead atoms. The zero-order valence-electron chi connectivity index (χ0n) is 25.5. The van der Waals surface area contributed by atoms with Gasteiger partial charge in [-0.05, 0) is 64.2 Å². The van der Waals surface area contributed by atoms with Crippen LogP contribution >= 0.6 is 0 Å². The largest absolute Gasteiger partial charge is 0.444 e. The second kappa shape index (κ2) is 11.1. The molecule has 2 saturated heterocycles. The van der Waals surface area contributed by atoms with Crippen LogP contribution in [-0.4, -0.2) is 86.6 Å². The van der Waals surface area contributed by atoms with Crippen LogP contribution in [-0.2, 0) is 9.53 Å². The molecule has 228 valence electrons. The van der Waals surface area contributed by atoms with Gasteiger partial charge in [0.15, 0.2) is 0 Å². The molecule has 0 radical (unpaired) electrons. The first-order valence-corrected chi connectivity index (χ1v) is 15.1. The fourth-order valence-electron chi connectivity index (χ4n) is 6.52. The van der Waals surface area contributed by atoms with Crippen LogP contribution in [0.4, 0.5) is 22.2 Å². The van der Waals surface area contributed by atoms with E-state index in [-0.39, 0.29) is 35.8 Å². The molecule has 0 spiro atoms. The molecule has 1 aliphatic carbocycles. The number of carbonyl (C=O) groups excluding carboxylic acids is 3. The molecule has 43 heavy (non-hydrogen) atoms. The third-order valence-electron chi connectivity index (χ3n) is 8.44. The van der Waals surface area contributed by atoms with Crippen LogP contribution in [0.5, 0.6) is 0 Å². The number of nitrogens with zero attached hydrogens (tertiary/aromatic N) is 7. The van der Waals surface area contributed by atoms with Gasteiger partial charge in [-0.2, -0.15) is 4.98 Å². The van der Waals surface area contributed by atoms with E-state index in [9.17, 15) is 14.4 Å². The molecule has 3 fully saturated rings. The number of ether oxygens (including phenoxy) is 1. The normalized spacial score (nSPS) is 20.9. The van der Waals surface area contributed by atoms with Gasteiger partial charge in [0.05, 0.1) is 17.8 Å². The topological polar surface area (TPSA) is 126 Å². The van der Waals surface area contributed by atoms with Crippen molar-refractivity contribution in [3.8, 4) is 0 Å². The van der Waals surface area contributed by atoms with Gasteiger partial charge in [0, 0.05) is 51.4 Å². The van der Waals surface area contributed by atoms with Crippen LogP contribution in [0.15, 0.2) is 30.6 Å². The van der Waals surface area contributed by atoms with Gasteiger partial charge in [-0.15, -0.1) is 0 Å². The molecule has 2 aliphatic heterocycles. The number of carbonyl (C=O) groups is 3. The summed E-state index contributed by atoms with van der Waals surface area (Å²) in [5.41, 5.74) is 1.50. The summed E-state index contributed by atoms with van der Waals surface area (Å²) in [4.78, 5) is 57.9. The zero-order valence-corrected chi connectivity index (χ0v) is 25.5. The lowest BCUT2D eigenvalue weighted by atomic mass is 9.84. The summed E-state index contributed by atoms with van der Waals surface area (Å²) in [6.45, 7) is 6.98. The van der Waals surface area contributed by atoms with Crippen LogP contribution in [0.25, 0.3) is 11.0 Å². The Bertz CT molecular complexity index is 1540. The van der Waals surface area contributed by atoms with Crippen molar-refractivity contribution in [3.05, 3.63) is 36.3 Å². The van der Waals surface area contributed by atoms with Crippen molar-refractivity contribution in [1.82, 2.24) is 29.3 Å². The monoisotopic (exact) mass is 588 g/mol. The molecule has 1 N–H and O–H groups in total. The van der Waals surface area contributed by atoms with Crippen molar-refractivity contribution in [3.63, 3.8) is 0 Å². The predicted molar refractivity (Wildman–Crippen MR) is 162 cm³/mol. The minimum absolute atomic E-state index is 0.00319. The van der Waals surface area contributed by atoms with Gasteiger partial charge >= 0.3 is 6.09 Å². The highest BCUT2D eigenvalue weighted by Crippen LogP contribution is 2.36. The van der Waals surface area contributed by atoms with Crippen molar-refractivity contribution in [2.75, 3.05) is 43.9 Å². The van der Waals surface area contributed by atoms with Crippen molar-refractivity contribution in [1.29, 1.82) is 0 Å². The van der Waals surface area contributed by atoms with E-state index in [2.05, 4.69) is 19.9 Å². The summed E-state index contributed by atoms with van der Waals surface area (Å²) in [6, 6.07) is 5.79. The van der Waals surface area contributed by atoms with Crippen LogP contribution in [0.2, 0.25) is 0 Å². The van der Waals surface area contributed by atoms with E-state index in [1.54, 1.807) is 41.2 Å². The van der Waals surface area contributed by atoms with Crippen LogP contribution in [0.1, 0.15) is 69.4 Å². The molecule has 3 amide bonds. The molecule has 3 aromatic rings. The molecule has 0 aromatic carbocycles. The van der Waals surface area contributed by atoms with Crippen molar-refractivity contribution < 1.29 is 19.1 Å². The first-order valence-electron chi connectivity index (χ1n) is 15.1. The van der Waals surface area contributed by atoms with Gasteiger partial charge in [0.25, 0.3) is 5.91 Å². The Morgan fingerprint density at radius 2 is 1.81 bits per heavy atom. The fourth-order valence-corrected chi connectivity index (χ4v) is 6.52. The number of fused-ring (bicyclic) bond motifs is 3. The maximum atomic E-state index is 13.4. The Labute approximate surface area is 251 Å². The molecular weight excluding hydrogens is 548 g/mol. The average molecular weight is 589 g/mol. The van der Waals surface area contributed by atoms with E-state index < -0.39 is 5.60 Å². The number of nitrogens with one attached hydrogen (secondary N) is 1. The van der Waals surface area contributed by atoms with Gasteiger partial charge in [0.1, 0.15) is 22.8 Å². The zero-order chi connectivity index (χ0) is 30.5. The average Bonchev–Trinajstić information content (AvgIpc) is 3.62. The first-order chi connectivity index (χ1) is 20.5. The molecule has 2 atom stereocenters. The standard InChI is InChI=1S/C31H40N8O4/c1-31(2,3)43-30(42)37-16-19-12-21(18-37)27(40)38(17-19)23-10-11-25(32-15-23)34-29-33-14-20-13-24(28(41)36(4)5)39(26(20)35-29)22-8-6-7-9-22/h10-11,13-15,19,21-22H,6-9,12,16-18H2,1-5H3,(H,32,33,34,35). The number of pyridine rings is 1. The Kier molecular flexibility index (Phi) is 7.47. The molecule has 3 aliphatic rings. The van der Waals surface area contributed by atoms with Gasteiger partial charge in [0.2, 0.25) is 11.9 Å². The summed E-state index contributed by atoms with van der Waals surface area (Å²) < 4.78 is 7.62. The van der Waals surface area contributed by atoms with Crippen molar-refractivity contribution >= 4 is 46.4 Å². The molecule has 5 heterocycles. The Morgan fingerprint density at radius 3 is 2.49 bits per heavy atom. The SMILES string of the molecule is CN(C)C(=O)c1cc2cnc(Nc3ccc(N4CC5CC(CN(C(=O)OC(C)(C)C)C5)C4=O)cn3)nc2n1C1CCCC1. The molecule has 12 heteroatoms. The fraction of sp³-hybridized carbons (Fsp3) is 0.548. The van der Waals surface area contributed by atoms with E-state index in [1.165, 1.54) is 0 Å². The number of hydrogen-bond donors (Lipinski definition) is 1. The number of amides is 3. The van der Waals surface area contributed by atoms with E-state index in [0.29, 0.717) is 42.8 Å². The smallest absolute Gasteiger partial charge is 0.410 e. The maximum Gasteiger partial charge on any atom is 0.410 e. The first kappa shape index (κ1) is 28.9. The number of hydrogen-bond acceptors (Lipinski definition) is 8. The van der Waals surface area contributed by atoms with Gasteiger partial charge < -0.3 is 29.3 Å². The van der Waals surface area contributed by atoms with E-state index in [1.807, 2.05) is 39.0 Å². The molecule has 1 saturated carbocycles. The highest BCUT2D eigenvalue weighted by atomic mass is 16.6. The van der Waals surface area contributed by atoms with E-state index in [0.717, 1.165) is 43.1 Å². The quantitative estimate of drug-likeness (QED) is 0.458. The number of anilines is 3. The second-order valence-electron chi connectivity index (χ2n) is 13.2. The van der Waals surface area contributed by atoms with Crippen molar-refractivity contribution in [2.24, 2.45) is 11.8 Å². The lowest BCUT2D eigenvalue weighted by Gasteiger charge is -2.45. The summed E-state index contributed by atoms with van der Waals surface area (Å²) in [5.74, 6) is 0.787. The number of aromatic nitrogens is 4. The summed E-state index contributed by atoms with van der Waals surface area (Å²) >= 11 is 0.